The molecule has 180 valence electrons. The second-order valence-electron chi connectivity index (χ2n) is 8.44. The first-order valence-corrected chi connectivity index (χ1v) is 11.1. The molecule has 0 spiro atoms. The maximum absolute atomic E-state index is 12.5. The first-order chi connectivity index (χ1) is 16.8. The number of halogens is 2. The van der Waals surface area contributed by atoms with Crippen LogP contribution in [0.3, 0.4) is 0 Å². The molecule has 0 fully saturated rings. The van der Waals surface area contributed by atoms with E-state index in [4.69, 9.17) is 4.99 Å². The maximum atomic E-state index is 12.5. The van der Waals surface area contributed by atoms with Gasteiger partial charge in [0.2, 0.25) is 0 Å². The SMILES string of the molecule is CN(C)Cc1ccc(N=C(c2ccccc2)c2c(O)[nH]c3cc(C(=O)NCC(F)F)ccc23)cc1. The number of aromatic nitrogens is 1. The fraction of sp³-hybridized carbons (Fsp3) is 0.185. The summed E-state index contributed by atoms with van der Waals surface area (Å²) in [5.74, 6) is -0.713. The number of fused-ring (bicyclic) bond motifs is 1. The molecule has 3 aromatic carbocycles. The van der Waals surface area contributed by atoms with E-state index in [9.17, 15) is 18.7 Å². The number of rotatable bonds is 8. The number of benzene rings is 3. The highest BCUT2D eigenvalue weighted by molar-refractivity contribution is 6.22. The first kappa shape index (κ1) is 24.1. The predicted octanol–water partition coefficient (Wildman–Crippen LogP) is 5.10. The van der Waals surface area contributed by atoms with Crippen LogP contribution in [0.25, 0.3) is 10.9 Å². The third-order valence-corrected chi connectivity index (χ3v) is 5.42. The lowest BCUT2D eigenvalue weighted by Crippen LogP contribution is -2.28. The van der Waals surface area contributed by atoms with Crippen LogP contribution in [0.4, 0.5) is 14.5 Å². The average molecular weight is 477 g/mol. The van der Waals surface area contributed by atoms with Crippen molar-refractivity contribution in [2.24, 2.45) is 4.99 Å². The van der Waals surface area contributed by atoms with Gasteiger partial charge in [-0.3, -0.25) is 4.79 Å². The van der Waals surface area contributed by atoms with Gasteiger partial charge < -0.3 is 20.3 Å². The van der Waals surface area contributed by atoms with Crippen LogP contribution in [0.1, 0.15) is 27.0 Å². The summed E-state index contributed by atoms with van der Waals surface area (Å²) in [4.78, 5) is 22.1. The average Bonchev–Trinajstić information content (AvgIpc) is 3.17. The minimum atomic E-state index is -2.63. The van der Waals surface area contributed by atoms with Gasteiger partial charge in [-0.15, -0.1) is 0 Å². The Morgan fingerprint density at radius 1 is 1.03 bits per heavy atom. The molecule has 0 saturated heterocycles. The molecule has 3 N–H and O–H groups in total. The Hall–Kier alpha value is -4.04. The zero-order valence-corrected chi connectivity index (χ0v) is 19.4. The number of H-pyrrole nitrogens is 1. The van der Waals surface area contributed by atoms with Crippen molar-refractivity contribution in [1.82, 2.24) is 15.2 Å². The lowest BCUT2D eigenvalue weighted by atomic mass is 10.00. The number of alkyl halides is 2. The van der Waals surface area contributed by atoms with E-state index in [1.807, 2.05) is 68.7 Å². The summed E-state index contributed by atoms with van der Waals surface area (Å²) in [6, 6.07) is 22.1. The summed E-state index contributed by atoms with van der Waals surface area (Å²) < 4.78 is 24.9. The Morgan fingerprint density at radius 2 is 1.74 bits per heavy atom. The number of carbonyl (C=O) groups excluding carboxylic acids is 1. The molecule has 4 aromatic rings. The zero-order valence-electron chi connectivity index (χ0n) is 19.4. The number of carbonyl (C=O) groups is 1. The van der Waals surface area contributed by atoms with E-state index in [-0.39, 0.29) is 11.4 Å². The molecule has 1 aromatic heterocycles. The number of aromatic hydroxyl groups is 1. The fourth-order valence-corrected chi connectivity index (χ4v) is 3.87. The van der Waals surface area contributed by atoms with Gasteiger partial charge in [-0.1, -0.05) is 48.5 Å². The summed E-state index contributed by atoms with van der Waals surface area (Å²) in [7, 11) is 4.01. The van der Waals surface area contributed by atoms with Gasteiger partial charge in [0.05, 0.1) is 23.5 Å². The van der Waals surface area contributed by atoms with Crippen molar-refractivity contribution in [3.63, 3.8) is 0 Å². The van der Waals surface area contributed by atoms with E-state index < -0.39 is 18.9 Å². The highest BCUT2D eigenvalue weighted by atomic mass is 19.3. The Morgan fingerprint density at radius 3 is 2.40 bits per heavy atom. The molecule has 0 aliphatic rings. The molecule has 1 amide bonds. The number of amides is 1. The lowest BCUT2D eigenvalue weighted by Gasteiger charge is -2.10. The quantitative estimate of drug-likeness (QED) is 0.310. The van der Waals surface area contributed by atoms with Gasteiger partial charge in [-0.05, 0) is 43.9 Å². The Balaban J connectivity index is 1.77. The summed E-state index contributed by atoms with van der Waals surface area (Å²) in [6.07, 6.45) is -2.63. The maximum Gasteiger partial charge on any atom is 0.255 e. The molecule has 0 unspecified atom stereocenters. The molecule has 0 bridgehead atoms. The van der Waals surface area contributed by atoms with E-state index in [0.29, 0.717) is 22.2 Å². The van der Waals surface area contributed by atoms with E-state index >= 15 is 0 Å². The normalized spacial score (nSPS) is 12.0. The third kappa shape index (κ3) is 5.73. The second kappa shape index (κ2) is 10.5. The zero-order chi connectivity index (χ0) is 24.9. The number of aliphatic imine (C=N–C) groups is 1. The summed E-state index contributed by atoms with van der Waals surface area (Å²) in [6.45, 7) is 0.0856. The molecule has 35 heavy (non-hydrogen) atoms. The molecule has 0 radical (unpaired) electrons. The van der Waals surface area contributed by atoms with Crippen LogP contribution >= 0.6 is 0 Å². The second-order valence-corrected chi connectivity index (χ2v) is 8.44. The van der Waals surface area contributed by atoms with Crippen LogP contribution in [-0.2, 0) is 6.54 Å². The van der Waals surface area contributed by atoms with E-state index in [0.717, 1.165) is 23.4 Å². The fourth-order valence-electron chi connectivity index (χ4n) is 3.87. The smallest absolute Gasteiger partial charge is 0.255 e. The molecule has 0 atom stereocenters. The van der Waals surface area contributed by atoms with Crippen LogP contribution in [0, 0.1) is 0 Å². The number of hydrogen-bond acceptors (Lipinski definition) is 4. The van der Waals surface area contributed by atoms with Crippen molar-refractivity contribution in [1.29, 1.82) is 0 Å². The van der Waals surface area contributed by atoms with Gasteiger partial charge in [0.25, 0.3) is 12.3 Å². The van der Waals surface area contributed by atoms with Crippen molar-refractivity contribution in [3.05, 3.63) is 95.1 Å². The molecule has 1 heterocycles. The van der Waals surface area contributed by atoms with Crippen molar-refractivity contribution < 1.29 is 18.7 Å². The van der Waals surface area contributed by atoms with E-state index in [2.05, 4.69) is 15.2 Å². The van der Waals surface area contributed by atoms with Crippen molar-refractivity contribution >= 4 is 28.2 Å². The lowest BCUT2D eigenvalue weighted by molar-refractivity contribution is 0.0892. The van der Waals surface area contributed by atoms with Gasteiger partial charge in [0.1, 0.15) is 0 Å². The Kier molecular flexibility index (Phi) is 7.22. The summed E-state index contributed by atoms with van der Waals surface area (Å²) >= 11 is 0. The van der Waals surface area contributed by atoms with Crippen LogP contribution in [-0.4, -0.2) is 53.7 Å². The summed E-state index contributed by atoms with van der Waals surface area (Å²) in [5.41, 5.74) is 4.44. The highest BCUT2D eigenvalue weighted by Gasteiger charge is 2.20. The van der Waals surface area contributed by atoms with Gasteiger partial charge in [-0.25, -0.2) is 13.8 Å². The predicted molar refractivity (Wildman–Crippen MR) is 134 cm³/mol. The molecule has 0 aliphatic carbocycles. The number of nitrogens with one attached hydrogen (secondary N) is 2. The molecule has 6 nitrogen and oxygen atoms in total. The first-order valence-electron chi connectivity index (χ1n) is 11.1. The molecular weight excluding hydrogens is 450 g/mol. The van der Waals surface area contributed by atoms with Gasteiger partial charge in [0.15, 0.2) is 5.88 Å². The number of aromatic amines is 1. The Bertz CT molecular complexity index is 1350. The van der Waals surface area contributed by atoms with Gasteiger partial charge >= 0.3 is 0 Å². The van der Waals surface area contributed by atoms with Crippen molar-refractivity contribution in [2.75, 3.05) is 20.6 Å². The largest absolute Gasteiger partial charge is 0.494 e. The Labute approximate surface area is 201 Å². The standard InChI is InChI=1S/C27H26F2N4O2/c1-33(2)16-17-8-11-20(12-9-17)31-25(18-6-4-3-5-7-18)24-21-13-10-19(14-22(21)32-27(24)35)26(34)30-15-23(28)29/h3-14,23,32,35H,15-16H2,1-2H3,(H,30,34). The van der Waals surface area contributed by atoms with Crippen LogP contribution < -0.4 is 5.32 Å². The molecular formula is C27H26F2N4O2. The van der Waals surface area contributed by atoms with Crippen molar-refractivity contribution in [3.8, 4) is 5.88 Å². The van der Waals surface area contributed by atoms with E-state index in [1.165, 1.54) is 6.07 Å². The molecule has 0 saturated carbocycles. The minimum Gasteiger partial charge on any atom is -0.494 e. The van der Waals surface area contributed by atoms with Crippen molar-refractivity contribution in [2.45, 2.75) is 13.0 Å². The topological polar surface area (TPSA) is 80.7 Å². The van der Waals surface area contributed by atoms with Gasteiger partial charge in [-0.2, -0.15) is 0 Å². The van der Waals surface area contributed by atoms with Crippen LogP contribution in [0.15, 0.2) is 77.8 Å². The molecule has 8 heteroatoms. The summed E-state index contributed by atoms with van der Waals surface area (Å²) in [5, 5.41) is 13.7. The number of nitrogens with zero attached hydrogens (tertiary/aromatic N) is 2. The van der Waals surface area contributed by atoms with Crippen LogP contribution in [0.2, 0.25) is 0 Å². The molecule has 4 rings (SSSR count). The monoisotopic (exact) mass is 476 g/mol. The third-order valence-electron chi connectivity index (χ3n) is 5.42. The highest BCUT2D eigenvalue weighted by Crippen LogP contribution is 2.32. The van der Waals surface area contributed by atoms with Crippen LogP contribution in [0.5, 0.6) is 5.88 Å². The van der Waals surface area contributed by atoms with E-state index in [1.54, 1.807) is 12.1 Å². The number of hydrogen-bond donors (Lipinski definition) is 3. The van der Waals surface area contributed by atoms with Gasteiger partial charge in [0, 0.05) is 28.6 Å². The molecule has 0 aliphatic heterocycles. The minimum absolute atomic E-state index is 0.100.